The van der Waals surface area contributed by atoms with Crippen LogP contribution in [0.3, 0.4) is 0 Å². The van der Waals surface area contributed by atoms with E-state index in [-0.39, 0.29) is 5.84 Å². The lowest BCUT2D eigenvalue weighted by Gasteiger charge is -2.38. The van der Waals surface area contributed by atoms with Gasteiger partial charge in [-0.25, -0.2) is 4.98 Å². The summed E-state index contributed by atoms with van der Waals surface area (Å²) in [6.45, 7) is 3.28. The molecule has 2 aliphatic rings. The molecule has 1 atom stereocenters. The number of hydrogen-bond donors (Lipinski definition) is 3. The number of rotatable bonds is 2. The van der Waals surface area contributed by atoms with Crippen LogP contribution in [0.5, 0.6) is 0 Å². The summed E-state index contributed by atoms with van der Waals surface area (Å²) in [5.74, 6) is 0.846. The van der Waals surface area contributed by atoms with Crippen LogP contribution in [0.25, 0.3) is 0 Å². The number of hydrogen-bond acceptors (Lipinski definition) is 4. The monoisotopic (exact) mass is 288 g/mol. The van der Waals surface area contributed by atoms with E-state index in [0.29, 0.717) is 12.1 Å². The van der Waals surface area contributed by atoms with Crippen molar-refractivity contribution in [2.45, 2.75) is 51.0 Å². The maximum Gasteiger partial charge on any atom is 0.139 e. The number of nitrogen functional groups attached to an aromatic ring is 1. The number of anilines is 1. The van der Waals surface area contributed by atoms with Crippen LogP contribution < -0.4 is 10.6 Å². The maximum atomic E-state index is 10.3. The topological polar surface area (TPSA) is 86.2 Å². The molecule has 5 heteroatoms. The number of nitrogens with two attached hydrogens (primary N) is 1. The fraction of sp³-hybridized carbons (Fsp3) is 0.625. The summed E-state index contributed by atoms with van der Waals surface area (Å²) in [6.07, 6.45) is 6.14. The first-order chi connectivity index (χ1) is 9.96. The van der Waals surface area contributed by atoms with Crippen LogP contribution in [-0.2, 0) is 12.8 Å². The SMILES string of the molecule is CC1(O)CCCN(c2nc3c(cc2C(=N)N)CCCC3)C1. The van der Waals surface area contributed by atoms with E-state index >= 15 is 0 Å². The van der Waals surface area contributed by atoms with Crippen molar-refractivity contribution in [2.24, 2.45) is 5.73 Å². The molecule has 21 heavy (non-hydrogen) atoms. The molecule has 2 heterocycles. The number of aromatic nitrogens is 1. The number of β-amino-alcohol motifs (C(OH)–C–C–N with tert-alkyl or cyclic N) is 1. The van der Waals surface area contributed by atoms with Gasteiger partial charge in [-0.2, -0.15) is 0 Å². The van der Waals surface area contributed by atoms with Crippen LogP contribution in [0.2, 0.25) is 0 Å². The zero-order chi connectivity index (χ0) is 15.0. The van der Waals surface area contributed by atoms with E-state index in [9.17, 15) is 5.11 Å². The highest BCUT2D eigenvalue weighted by Crippen LogP contribution is 2.30. The Morgan fingerprint density at radius 2 is 2.14 bits per heavy atom. The molecule has 1 unspecified atom stereocenters. The molecular formula is C16H24N4O. The number of fused-ring (bicyclic) bond motifs is 1. The van der Waals surface area contributed by atoms with Crippen molar-refractivity contribution in [3.8, 4) is 0 Å². The van der Waals surface area contributed by atoms with Crippen LogP contribution in [-0.4, -0.2) is 34.6 Å². The molecule has 1 aromatic heterocycles. The Balaban J connectivity index is 2.01. The van der Waals surface area contributed by atoms with Crippen molar-refractivity contribution in [1.82, 2.24) is 4.98 Å². The Kier molecular flexibility index (Phi) is 3.61. The third-order valence-corrected chi connectivity index (χ3v) is 4.55. The highest BCUT2D eigenvalue weighted by atomic mass is 16.3. The second-order valence-corrected chi connectivity index (χ2v) is 6.61. The molecule has 4 N–H and O–H groups in total. The van der Waals surface area contributed by atoms with E-state index in [1.807, 2.05) is 13.0 Å². The minimum absolute atomic E-state index is 0.0658. The van der Waals surface area contributed by atoms with Gasteiger partial charge in [-0.15, -0.1) is 0 Å². The zero-order valence-corrected chi connectivity index (χ0v) is 12.7. The predicted molar refractivity (Wildman–Crippen MR) is 84.0 cm³/mol. The fourth-order valence-electron chi connectivity index (χ4n) is 3.46. The van der Waals surface area contributed by atoms with Crippen LogP contribution in [0.4, 0.5) is 5.82 Å². The molecule has 114 valence electrons. The molecule has 1 fully saturated rings. The number of aryl methyl sites for hydroxylation is 2. The van der Waals surface area contributed by atoms with Crippen LogP contribution in [0.15, 0.2) is 6.07 Å². The molecule has 0 aromatic carbocycles. The molecule has 5 nitrogen and oxygen atoms in total. The standard InChI is InChI=1S/C16H24N4O/c1-16(21)7-4-8-20(10-16)15-12(14(17)18)9-11-5-2-3-6-13(11)19-15/h9,21H,2-8,10H2,1H3,(H3,17,18). The van der Waals surface area contributed by atoms with E-state index < -0.39 is 5.60 Å². The molecule has 3 rings (SSSR count). The number of nitrogens with zero attached hydrogens (tertiary/aromatic N) is 2. The van der Waals surface area contributed by atoms with Crippen LogP contribution >= 0.6 is 0 Å². The van der Waals surface area contributed by atoms with Gasteiger partial charge in [0.1, 0.15) is 11.7 Å². The van der Waals surface area contributed by atoms with Crippen molar-refractivity contribution in [2.75, 3.05) is 18.0 Å². The molecule has 1 aliphatic carbocycles. The van der Waals surface area contributed by atoms with Crippen molar-refractivity contribution >= 4 is 11.7 Å². The van der Waals surface area contributed by atoms with Gasteiger partial charge in [-0.3, -0.25) is 5.41 Å². The number of amidine groups is 1. The van der Waals surface area contributed by atoms with Gasteiger partial charge in [0.15, 0.2) is 0 Å². The summed E-state index contributed by atoms with van der Waals surface area (Å²) in [5.41, 5.74) is 8.18. The number of pyridine rings is 1. The third-order valence-electron chi connectivity index (χ3n) is 4.55. The zero-order valence-electron chi connectivity index (χ0n) is 12.7. The quantitative estimate of drug-likeness (QED) is 0.570. The summed E-state index contributed by atoms with van der Waals surface area (Å²) in [7, 11) is 0. The van der Waals surface area contributed by atoms with Crippen molar-refractivity contribution < 1.29 is 5.11 Å². The number of aliphatic hydroxyl groups is 1. The molecule has 0 saturated carbocycles. The van der Waals surface area contributed by atoms with Gasteiger partial charge in [0.05, 0.1) is 11.2 Å². The first-order valence-electron chi connectivity index (χ1n) is 7.81. The van der Waals surface area contributed by atoms with Crippen LogP contribution in [0, 0.1) is 5.41 Å². The Bertz CT molecular complexity index is 568. The van der Waals surface area contributed by atoms with Gasteiger partial charge >= 0.3 is 0 Å². The lowest BCUT2D eigenvalue weighted by Crippen LogP contribution is -2.47. The first kappa shape index (κ1) is 14.3. The molecule has 0 bridgehead atoms. The summed E-state index contributed by atoms with van der Waals surface area (Å²) in [6, 6.07) is 2.04. The van der Waals surface area contributed by atoms with Crippen molar-refractivity contribution in [1.29, 1.82) is 5.41 Å². The Morgan fingerprint density at radius 1 is 1.38 bits per heavy atom. The summed E-state index contributed by atoms with van der Waals surface area (Å²) >= 11 is 0. The van der Waals surface area contributed by atoms with E-state index in [4.69, 9.17) is 16.1 Å². The fourth-order valence-corrected chi connectivity index (χ4v) is 3.46. The second-order valence-electron chi connectivity index (χ2n) is 6.61. The van der Waals surface area contributed by atoms with E-state index in [1.54, 1.807) is 0 Å². The van der Waals surface area contributed by atoms with Crippen molar-refractivity contribution in [3.05, 3.63) is 22.9 Å². The van der Waals surface area contributed by atoms with Gasteiger partial charge in [0, 0.05) is 18.8 Å². The van der Waals surface area contributed by atoms with Gasteiger partial charge in [0.2, 0.25) is 0 Å². The van der Waals surface area contributed by atoms with Crippen LogP contribution in [0.1, 0.15) is 49.4 Å². The van der Waals surface area contributed by atoms with Crippen molar-refractivity contribution in [3.63, 3.8) is 0 Å². The minimum atomic E-state index is -0.691. The number of piperidine rings is 1. The first-order valence-corrected chi connectivity index (χ1v) is 7.81. The Labute approximate surface area is 125 Å². The average Bonchev–Trinajstić information content (AvgIpc) is 2.44. The highest BCUT2D eigenvalue weighted by Gasteiger charge is 2.31. The molecule has 1 aromatic rings. The molecule has 0 spiro atoms. The Hall–Kier alpha value is -1.62. The normalized spacial score (nSPS) is 25.5. The lowest BCUT2D eigenvalue weighted by molar-refractivity contribution is 0.0447. The summed E-state index contributed by atoms with van der Waals surface area (Å²) in [4.78, 5) is 6.91. The summed E-state index contributed by atoms with van der Waals surface area (Å²) in [5, 5.41) is 18.2. The third kappa shape index (κ3) is 2.88. The lowest BCUT2D eigenvalue weighted by atomic mass is 9.92. The summed E-state index contributed by atoms with van der Waals surface area (Å²) < 4.78 is 0. The predicted octanol–water partition coefficient (Wildman–Crippen LogP) is 1.60. The number of nitrogens with one attached hydrogen (secondary N) is 1. The molecule has 0 radical (unpaired) electrons. The molecular weight excluding hydrogens is 264 g/mol. The molecule has 0 amide bonds. The Morgan fingerprint density at radius 3 is 2.86 bits per heavy atom. The second kappa shape index (κ2) is 5.30. The molecule has 1 aliphatic heterocycles. The van der Waals surface area contributed by atoms with E-state index in [1.165, 1.54) is 18.4 Å². The van der Waals surface area contributed by atoms with Gasteiger partial charge in [-0.1, -0.05) is 0 Å². The average molecular weight is 288 g/mol. The van der Waals surface area contributed by atoms with Gasteiger partial charge in [-0.05, 0) is 57.1 Å². The maximum absolute atomic E-state index is 10.3. The van der Waals surface area contributed by atoms with Gasteiger partial charge in [0.25, 0.3) is 0 Å². The van der Waals surface area contributed by atoms with Gasteiger partial charge < -0.3 is 15.7 Å². The largest absolute Gasteiger partial charge is 0.388 e. The highest BCUT2D eigenvalue weighted by molar-refractivity contribution is 6.00. The minimum Gasteiger partial charge on any atom is -0.388 e. The van der Waals surface area contributed by atoms with E-state index in [0.717, 1.165) is 43.7 Å². The molecule has 1 saturated heterocycles. The van der Waals surface area contributed by atoms with E-state index in [2.05, 4.69) is 4.90 Å². The smallest absolute Gasteiger partial charge is 0.139 e.